The minimum absolute atomic E-state index is 0.0379. The molecule has 0 spiro atoms. The second-order valence-electron chi connectivity index (χ2n) is 4.33. The highest BCUT2D eigenvalue weighted by atomic mass is 32.2. The van der Waals surface area contributed by atoms with Crippen molar-refractivity contribution in [3.05, 3.63) is 60.2 Å². The van der Waals surface area contributed by atoms with E-state index in [1.807, 2.05) is 30.3 Å². The molecule has 0 amide bonds. The molecule has 3 nitrogen and oxygen atoms in total. The number of rotatable bonds is 6. The van der Waals surface area contributed by atoms with Crippen molar-refractivity contribution in [3.63, 3.8) is 0 Å². The van der Waals surface area contributed by atoms with Gasteiger partial charge in [0.15, 0.2) is 17.3 Å². The predicted octanol–water partition coefficient (Wildman–Crippen LogP) is 3.78. The van der Waals surface area contributed by atoms with Crippen molar-refractivity contribution in [2.24, 2.45) is 0 Å². The Bertz CT molecular complexity index is 636. The molecule has 2 rings (SSSR count). The van der Waals surface area contributed by atoms with Crippen molar-refractivity contribution in [3.8, 4) is 11.5 Å². The number of aromatic hydroxyl groups is 1. The van der Waals surface area contributed by atoms with Gasteiger partial charge in [-0.05, 0) is 35.9 Å². The summed E-state index contributed by atoms with van der Waals surface area (Å²) >= 11 is 1.51. The van der Waals surface area contributed by atoms with Crippen LogP contribution in [0, 0.1) is 0 Å². The van der Waals surface area contributed by atoms with Crippen LogP contribution in [0.4, 0.5) is 0 Å². The highest BCUT2D eigenvalue weighted by molar-refractivity contribution is 8.00. The smallest absolute Gasteiger partial charge is 0.165 e. The molecule has 0 aromatic heterocycles. The molecule has 0 aliphatic carbocycles. The summed E-state index contributed by atoms with van der Waals surface area (Å²) in [6.07, 6.45) is 3.26. The molecule has 0 fully saturated rings. The Morgan fingerprint density at radius 3 is 2.71 bits per heavy atom. The molecule has 0 aliphatic heterocycles. The van der Waals surface area contributed by atoms with Gasteiger partial charge >= 0.3 is 0 Å². The average Bonchev–Trinajstić information content (AvgIpc) is 2.53. The third-order valence-electron chi connectivity index (χ3n) is 2.79. The molecule has 0 unspecified atom stereocenters. The molecular formula is C17H16O3S. The normalized spacial score (nSPS) is 10.7. The fourth-order valence-electron chi connectivity index (χ4n) is 1.71. The number of benzene rings is 2. The zero-order valence-corrected chi connectivity index (χ0v) is 12.5. The third kappa shape index (κ3) is 4.68. The summed E-state index contributed by atoms with van der Waals surface area (Å²) in [5, 5.41) is 9.50. The van der Waals surface area contributed by atoms with E-state index < -0.39 is 0 Å². The molecule has 0 aliphatic rings. The lowest BCUT2D eigenvalue weighted by Gasteiger charge is -2.03. The number of hydrogen-bond donors (Lipinski definition) is 1. The summed E-state index contributed by atoms with van der Waals surface area (Å²) < 4.78 is 5.02. The molecule has 1 N–H and O–H groups in total. The fraction of sp³-hybridized carbons (Fsp3) is 0.118. The van der Waals surface area contributed by atoms with E-state index in [0.29, 0.717) is 11.5 Å². The largest absolute Gasteiger partial charge is 0.504 e. The molecule has 2 aromatic rings. The molecule has 0 heterocycles. The molecule has 0 atom stereocenters. The Kier molecular flexibility index (Phi) is 5.46. The Balaban J connectivity index is 1.93. The second-order valence-corrected chi connectivity index (χ2v) is 5.38. The standard InChI is InChI=1S/C17H16O3S/c1-20-17-11-13(8-10-16(17)19)7-9-14(18)12-21-15-5-3-2-4-6-15/h2-11,19H,12H2,1H3. The first kappa shape index (κ1) is 15.2. The van der Waals surface area contributed by atoms with E-state index in [9.17, 15) is 9.90 Å². The SMILES string of the molecule is COc1cc(C=CC(=O)CSc2ccccc2)ccc1O. The zero-order valence-electron chi connectivity index (χ0n) is 11.7. The summed E-state index contributed by atoms with van der Waals surface area (Å²) in [5.74, 6) is 0.912. The van der Waals surface area contributed by atoms with Crippen LogP contribution in [0.3, 0.4) is 0 Å². The third-order valence-corrected chi connectivity index (χ3v) is 3.82. The van der Waals surface area contributed by atoms with Crippen LogP contribution in [0.1, 0.15) is 5.56 Å². The molecule has 2 aromatic carbocycles. The van der Waals surface area contributed by atoms with Crippen LogP contribution in [-0.4, -0.2) is 23.8 Å². The zero-order chi connectivity index (χ0) is 15.1. The van der Waals surface area contributed by atoms with Crippen LogP contribution in [-0.2, 0) is 4.79 Å². The lowest BCUT2D eigenvalue weighted by molar-refractivity contribution is -0.112. The molecule has 21 heavy (non-hydrogen) atoms. The minimum atomic E-state index is 0.0379. The van der Waals surface area contributed by atoms with Crippen molar-refractivity contribution in [1.82, 2.24) is 0 Å². The number of hydrogen-bond acceptors (Lipinski definition) is 4. The number of methoxy groups -OCH3 is 1. The first-order valence-corrected chi connectivity index (χ1v) is 7.43. The Hall–Kier alpha value is -2.20. The summed E-state index contributed by atoms with van der Waals surface area (Å²) in [7, 11) is 1.49. The maximum Gasteiger partial charge on any atom is 0.165 e. The van der Waals surface area contributed by atoms with Crippen LogP contribution in [0.2, 0.25) is 0 Å². The number of carbonyl (C=O) groups excluding carboxylic acids is 1. The maximum atomic E-state index is 11.8. The van der Waals surface area contributed by atoms with E-state index in [4.69, 9.17) is 4.74 Å². The van der Waals surface area contributed by atoms with Gasteiger partial charge in [0.1, 0.15) is 0 Å². The highest BCUT2D eigenvalue weighted by Gasteiger charge is 2.02. The fourth-order valence-corrected chi connectivity index (χ4v) is 2.46. The Labute approximate surface area is 128 Å². The summed E-state index contributed by atoms with van der Waals surface area (Å²) in [6, 6.07) is 14.8. The van der Waals surface area contributed by atoms with Crippen LogP contribution in [0.25, 0.3) is 6.08 Å². The van der Waals surface area contributed by atoms with Crippen molar-refractivity contribution in [2.75, 3.05) is 12.9 Å². The molecule has 0 saturated carbocycles. The van der Waals surface area contributed by atoms with E-state index in [1.54, 1.807) is 30.4 Å². The van der Waals surface area contributed by atoms with Crippen molar-refractivity contribution in [2.45, 2.75) is 4.90 Å². The van der Waals surface area contributed by atoms with E-state index in [2.05, 4.69) is 0 Å². The number of phenols is 1. The van der Waals surface area contributed by atoms with Crippen molar-refractivity contribution in [1.29, 1.82) is 0 Å². The Morgan fingerprint density at radius 2 is 2.00 bits per heavy atom. The number of phenolic OH excluding ortho intramolecular Hbond substituents is 1. The number of thioether (sulfide) groups is 1. The number of allylic oxidation sites excluding steroid dienone is 1. The van der Waals surface area contributed by atoms with Gasteiger partial charge in [0.25, 0.3) is 0 Å². The number of carbonyl (C=O) groups is 1. The molecule has 0 saturated heterocycles. The van der Waals surface area contributed by atoms with Gasteiger partial charge in [0.05, 0.1) is 12.9 Å². The molecule has 0 bridgehead atoms. The van der Waals surface area contributed by atoms with E-state index in [-0.39, 0.29) is 11.5 Å². The van der Waals surface area contributed by atoms with Gasteiger partial charge in [-0.1, -0.05) is 30.3 Å². The number of ketones is 1. The first-order valence-electron chi connectivity index (χ1n) is 6.45. The van der Waals surface area contributed by atoms with Gasteiger partial charge in [-0.15, -0.1) is 11.8 Å². The summed E-state index contributed by atoms with van der Waals surface area (Å²) in [5.41, 5.74) is 0.808. The highest BCUT2D eigenvalue weighted by Crippen LogP contribution is 2.26. The molecular weight excluding hydrogens is 284 g/mol. The van der Waals surface area contributed by atoms with Crippen LogP contribution < -0.4 is 4.74 Å². The van der Waals surface area contributed by atoms with Gasteiger partial charge < -0.3 is 9.84 Å². The molecule has 4 heteroatoms. The van der Waals surface area contributed by atoms with E-state index >= 15 is 0 Å². The lowest BCUT2D eigenvalue weighted by atomic mass is 10.2. The Morgan fingerprint density at radius 1 is 1.24 bits per heavy atom. The van der Waals surface area contributed by atoms with Gasteiger partial charge in [0, 0.05) is 4.90 Å². The van der Waals surface area contributed by atoms with E-state index in [1.165, 1.54) is 18.9 Å². The van der Waals surface area contributed by atoms with Crippen LogP contribution in [0.5, 0.6) is 11.5 Å². The van der Waals surface area contributed by atoms with Gasteiger partial charge in [-0.3, -0.25) is 4.79 Å². The topological polar surface area (TPSA) is 46.5 Å². The molecule has 0 radical (unpaired) electrons. The average molecular weight is 300 g/mol. The van der Waals surface area contributed by atoms with Crippen molar-refractivity contribution < 1.29 is 14.6 Å². The minimum Gasteiger partial charge on any atom is -0.504 e. The monoisotopic (exact) mass is 300 g/mol. The summed E-state index contributed by atoms with van der Waals surface area (Å²) in [4.78, 5) is 12.9. The van der Waals surface area contributed by atoms with Crippen LogP contribution >= 0.6 is 11.8 Å². The second kappa shape index (κ2) is 7.55. The van der Waals surface area contributed by atoms with Crippen molar-refractivity contribution >= 4 is 23.6 Å². The first-order chi connectivity index (χ1) is 10.2. The van der Waals surface area contributed by atoms with Gasteiger partial charge in [-0.25, -0.2) is 0 Å². The van der Waals surface area contributed by atoms with Gasteiger partial charge in [0.2, 0.25) is 0 Å². The van der Waals surface area contributed by atoms with Gasteiger partial charge in [-0.2, -0.15) is 0 Å². The summed E-state index contributed by atoms with van der Waals surface area (Å²) in [6.45, 7) is 0. The molecule has 108 valence electrons. The number of ether oxygens (including phenoxy) is 1. The van der Waals surface area contributed by atoms with Crippen LogP contribution in [0.15, 0.2) is 59.5 Å². The lowest BCUT2D eigenvalue weighted by Crippen LogP contribution is -1.95. The predicted molar refractivity (Wildman–Crippen MR) is 85.9 cm³/mol. The van der Waals surface area contributed by atoms with E-state index in [0.717, 1.165) is 10.5 Å². The maximum absolute atomic E-state index is 11.8. The quantitative estimate of drug-likeness (QED) is 0.651.